The molecule has 3 aromatic rings. The minimum absolute atomic E-state index is 0.0575. The van der Waals surface area contributed by atoms with Crippen molar-refractivity contribution in [2.24, 2.45) is 7.05 Å². The quantitative estimate of drug-likeness (QED) is 0.755. The first-order chi connectivity index (χ1) is 9.13. The molecule has 2 aromatic heterocycles. The predicted octanol–water partition coefficient (Wildman–Crippen LogP) is 2.00. The Labute approximate surface area is 108 Å². The van der Waals surface area contributed by atoms with E-state index in [0.29, 0.717) is 17.0 Å². The highest BCUT2D eigenvalue weighted by molar-refractivity contribution is 5.77. The highest BCUT2D eigenvalue weighted by atomic mass is 19.1. The fourth-order valence-electron chi connectivity index (χ4n) is 2.00. The Hall–Kier alpha value is -2.44. The maximum atomic E-state index is 13.1. The topological polar surface area (TPSA) is 71.4 Å². The van der Waals surface area contributed by atoms with Gasteiger partial charge in [-0.05, 0) is 25.1 Å². The normalized spacial score (nSPS) is 12.8. The van der Waals surface area contributed by atoms with Crippen molar-refractivity contribution in [2.75, 3.05) is 5.32 Å². The average molecular weight is 260 g/mol. The molecular formula is C12H13FN6. The van der Waals surface area contributed by atoms with Gasteiger partial charge in [-0.25, -0.2) is 9.37 Å². The summed E-state index contributed by atoms with van der Waals surface area (Å²) in [6, 6.07) is 4.39. The fraction of sp³-hybridized carbons (Fsp3) is 0.250. The molecule has 0 bridgehead atoms. The van der Waals surface area contributed by atoms with Crippen molar-refractivity contribution in [3.8, 4) is 0 Å². The van der Waals surface area contributed by atoms with Gasteiger partial charge in [-0.3, -0.25) is 0 Å². The molecule has 0 amide bonds. The zero-order valence-electron chi connectivity index (χ0n) is 10.6. The van der Waals surface area contributed by atoms with Crippen LogP contribution in [-0.4, -0.2) is 24.7 Å². The zero-order chi connectivity index (χ0) is 13.4. The monoisotopic (exact) mass is 260 g/mol. The van der Waals surface area contributed by atoms with E-state index in [1.165, 1.54) is 12.1 Å². The number of H-pyrrole nitrogens is 1. The van der Waals surface area contributed by atoms with Crippen molar-refractivity contribution in [1.82, 2.24) is 24.7 Å². The van der Waals surface area contributed by atoms with Crippen LogP contribution in [0.5, 0.6) is 0 Å². The van der Waals surface area contributed by atoms with Crippen LogP contribution in [0.3, 0.4) is 0 Å². The van der Waals surface area contributed by atoms with Crippen LogP contribution < -0.4 is 5.32 Å². The summed E-state index contributed by atoms with van der Waals surface area (Å²) in [6.45, 7) is 1.96. The Kier molecular flexibility index (Phi) is 2.66. The van der Waals surface area contributed by atoms with Gasteiger partial charge in [-0.1, -0.05) is 0 Å². The van der Waals surface area contributed by atoms with Gasteiger partial charge in [-0.2, -0.15) is 0 Å². The summed E-state index contributed by atoms with van der Waals surface area (Å²) < 4.78 is 14.9. The van der Waals surface area contributed by atoms with E-state index >= 15 is 0 Å². The van der Waals surface area contributed by atoms with Gasteiger partial charge < -0.3 is 14.9 Å². The van der Waals surface area contributed by atoms with Gasteiger partial charge in [0.05, 0.1) is 17.1 Å². The third-order valence-corrected chi connectivity index (χ3v) is 2.93. The molecule has 0 aliphatic carbocycles. The van der Waals surface area contributed by atoms with Gasteiger partial charge in [0.25, 0.3) is 0 Å². The molecule has 6 nitrogen and oxygen atoms in total. The molecule has 2 N–H and O–H groups in total. The SMILES string of the molecule is CC(Nc1nc2ccc(F)cc2[nH]1)c1nncn1C. The first kappa shape index (κ1) is 11.6. The van der Waals surface area contributed by atoms with Gasteiger partial charge in [0.1, 0.15) is 12.1 Å². The van der Waals surface area contributed by atoms with Crippen molar-refractivity contribution in [1.29, 1.82) is 0 Å². The zero-order valence-corrected chi connectivity index (χ0v) is 10.6. The number of anilines is 1. The summed E-state index contributed by atoms with van der Waals surface area (Å²) in [6.07, 6.45) is 1.64. The number of nitrogens with zero attached hydrogens (tertiary/aromatic N) is 4. The lowest BCUT2D eigenvalue weighted by Gasteiger charge is -2.11. The lowest BCUT2D eigenvalue weighted by atomic mass is 10.3. The Bertz CT molecular complexity index is 716. The average Bonchev–Trinajstić information content (AvgIpc) is 2.94. The molecular weight excluding hydrogens is 247 g/mol. The molecule has 98 valence electrons. The standard InChI is InChI=1S/C12H13FN6/c1-7(11-18-14-6-19(11)2)15-12-16-9-4-3-8(13)5-10(9)17-12/h3-7H,1-2H3,(H2,15,16,17). The molecule has 2 heterocycles. The summed E-state index contributed by atoms with van der Waals surface area (Å²) in [7, 11) is 1.88. The van der Waals surface area contributed by atoms with Crippen LogP contribution in [0.15, 0.2) is 24.5 Å². The highest BCUT2D eigenvalue weighted by Gasteiger charge is 2.13. The molecule has 0 fully saturated rings. The number of rotatable bonds is 3. The van der Waals surface area contributed by atoms with Crippen molar-refractivity contribution < 1.29 is 4.39 Å². The van der Waals surface area contributed by atoms with Crippen molar-refractivity contribution in [2.45, 2.75) is 13.0 Å². The van der Waals surface area contributed by atoms with Crippen molar-refractivity contribution in [3.05, 3.63) is 36.2 Å². The van der Waals surface area contributed by atoms with Gasteiger partial charge in [0.15, 0.2) is 5.82 Å². The number of hydrogen-bond donors (Lipinski definition) is 2. The lowest BCUT2D eigenvalue weighted by molar-refractivity contribution is 0.629. The van der Waals surface area contributed by atoms with E-state index in [1.54, 1.807) is 12.4 Å². The van der Waals surface area contributed by atoms with Crippen LogP contribution in [0.4, 0.5) is 10.3 Å². The first-order valence-corrected chi connectivity index (χ1v) is 5.89. The number of aromatic amines is 1. The number of halogens is 1. The summed E-state index contributed by atoms with van der Waals surface area (Å²) in [5.74, 6) is 1.09. The van der Waals surface area contributed by atoms with Crippen LogP contribution in [0.1, 0.15) is 18.8 Å². The van der Waals surface area contributed by atoms with E-state index in [0.717, 1.165) is 5.82 Å². The van der Waals surface area contributed by atoms with E-state index in [-0.39, 0.29) is 11.9 Å². The van der Waals surface area contributed by atoms with Crippen LogP contribution in [0.2, 0.25) is 0 Å². The van der Waals surface area contributed by atoms with E-state index in [4.69, 9.17) is 0 Å². The molecule has 0 spiro atoms. The van der Waals surface area contributed by atoms with E-state index in [9.17, 15) is 4.39 Å². The number of aromatic nitrogens is 5. The van der Waals surface area contributed by atoms with Gasteiger partial charge in [0, 0.05) is 7.05 Å². The molecule has 0 saturated carbocycles. The second-order valence-electron chi connectivity index (χ2n) is 4.41. The van der Waals surface area contributed by atoms with E-state index in [1.807, 2.05) is 18.5 Å². The third kappa shape index (κ3) is 2.14. The minimum atomic E-state index is -0.288. The van der Waals surface area contributed by atoms with Gasteiger partial charge >= 0.3 is 0 Å². The third-order valence-electron chi connectivity index (χ3n) is 2.93. The number of nitrogens with one attached hydrogen (secondary N) is 2. The number of aryl methyl sites for hydroxylation is 1. The summed E-state index contributed by atoms with van der Waals surface area (Å²) in [5, 5.41) is 11.0. The lowest BCUT2D eigenvalue weighted by Crippen LogP contribution is -2.12. The second kappa shape index (κ2) is 4.34. The molecule has 7 heteroatoms. The molecule has 0 saturated heterocycles. The molecule has 3 rings (SSSR count). The molecule has 0 aliphatic rings. The summed E-state index contributed by atoms with van der Waals surface area (Å²) >= 11 is 0. The number of hydrogen-bond acceptors (Lipinski definition) is 4. The van der Waals surface area contributed by atoms with Crippen LogP contribution in [0.25, 0.3) is 11.0 Å². The minimum Gasteiger partial charge on any atom is -0.346 e. The molecule has 1 atom stereocenters. The molecule has 0 aliphatic heterocycles. The second-order valence-corrected chi connectivity index (χ2v) is 4.41. The van der Waals surface area contributed by atoms with Crippen molar-refractivity contribution in [3.63, 3.8) is 0 Å². The summed E-state index contributed by atoms with van der Waals surface area (Å²) in [5.41, 5.74) is 1.38. The smallest absolute Gasteiger partial charge is 0.201 e. The molecule has 0 radical (unpaired) electrons. The largest absolute Gasteiger partial charge is 0.346 e. The number of benzene rings is 1. The highest BCUT2D eigenvalue weighted by Crippen LogP contribution is 2.19. The molecule has 1 aromatic carbocycles. The fourth-order valence-corrected chi connectivity index (χ4v) is 2.00. The van der Waals surface area contributed by atoms with Crippen LogP contribution >= 0.6 is 0 Å². The predicted molar refractivity (Wildman–Crippen MR) is 69.1 cm³/mol. The Morgan fingerprint density at radius 1 is 1.42 bits per heavy atom. The Balaban J connectivity index is 1.87. The number of fused-ring (bicyclic) bond motifs is 1. The van der Waals surface area contributed by atoms with E-state index in [2.05, 4.69) is 25.5 Å². The molecule has 1 unspecified atom stereocenters. The first-order valence-electron chi connectivity index (χ1n) is 5.89. The van der Waals surface area contributed by atoms with Crippen molar-refractivity contribution >= 4 is 17.0 Å². The maximum absolute atomic E-state index is 13.1. The van der Waals surface area contributed by atoms with Crippen LogP contribution in [-0.2, 0) is 7.05 Å². The Morgan fingerprint density at radius 2 is 2.26 bits per heavy atom. The molecule has 19 heavy (non-hydrogen) atoms. The van der Waals surface area contributed by atoms with Gasteiger partial charge in [0.2, 0.25) is 5.95 Å². The Morgan fingerprint density at radius 3 is 3.00 bits per heavy atom. The van der Waals surface area contributed by atoms with Gasteiger partial charge in [-0.15, -0.1) is 10.2 Å². The summed E-state index contributed by atoms with van der Waals surface area (Å²) in [4.78, 5) is 7.37. The van der Waals surface area contributed by atoms with E-state index < -0.39 is 0 Å². The number of imidazole rings is 1. The maximum Gasteiger partial charge on any atom is 0.201 e. The van der Waals surface area contributed by atoms with Crippen LogP contribution in [0, 0.1) is 5.82 Å².